The van der Waals surface area contributed by atoms with E-state index >= 15 is 0 Å². The van der Waals surface area contributed by atoms with Gasteiger partial charge in [0, 0.05) is 12.1 Å². The maximum absolute atomic E-state index is 11.8. The summed E-state index contributed by atoms with van der Waals surface area (Å²) in [5.41, 5.74) is 0.261. The van der Waals surface area contributed by atoms with Crippen molar-refractivity contribution in [3.63, 3.8) is 0 Å². The molecule has 112 valence electrons. The molecule has 0 radical (unpaired) electrons. The summed E-state index contributed by atoms with van der Waals surface area (Å²) in [6.07, 6.45) is 0. The van der Waals surface area contributed by atoms with Crippen LogP contribution in [-0.2, 0) is 20.4 Å². The average Bonchev–Trinajstić information content (AvgIpc) is 2.36. The van der Waals surface area contributed by atoms with Gasteiger partial charge in [0.05, 0.1) is 32.6 Å². The van der Waals surface area contributed by atoms with Gasteiger partial charge < -0.3 is 19.3 Å². The van der Waals surface area contributed by atoms with Crippen molar-refractivity contribution in [2.45, 2.75) is 5.75 Å². The van der Waals surface area contributed by atoms with Gasteiger partial charge in [0.25, 0.3) is 0 Å². The fourth-order valence-electron chi connectivity index (χ4n) is 1.68. The number of carboxylic acids is 1. The van der Waals surface area contributed by atoms with Crippen LogP contribution in [-0.4, -0.2) is 46.6 Å². The van der Waals surface area contributed by atoms with E-state index in [2.05, 4.69) is 0 Å². The van der Waals surface area contributed by atoms with E-state index in [0.29, 0.717) is 5.75 Å². The molecular formula is C12H16O7S. The maximum atomic E-state index is 11.8. The molecule has 0 aliphatic carbocycles. The fourth-order valence-corrected chi connectivity index (χ4v) is 2.88. The first kappa shape index (κ1) is 16.1. The van der Waals surface area contributed by atoms with Crippen molar-refractivity contribution >= 4 is 15.8 Å². The second-order valence-electron chi connectivity index (χ2n) is 3.94. The molecule has 7 nitrogen and oxygen atoms in total. The summed E-state index contributed by atoms with van der Waals surface area (Å²) >= 11 is 0. The molecule has 0 atom stereocenters. The van der Waals surface area contributed by atoms with E-state index in [1.54, 1.807) is 0 Å². The molecule has 20 heavy (non-hydrogen) atoms. The number of carboxylic acid groups (broad SMARTS) is 1. The third-order valence-electron chi connectivity index (χ3n) is 2.52. The summed E-state index contributed by atoms with van der Waals surface area (Å²) in [7, 11) is 0.387. The Hall–Kier alpha value is -1.96. The molecule has 8 heteroatoms. The molecule has 1 N–H and O–H groups in total. The number of ether oxygens (including phenoxy) is 3. The highest BCUT2D eigenvalue weighted by Crippen LogP contribution is 2.35. The molecule has 0 unspecified atom stereocenters. The lowest BCUT2D eigenvalue weighted by molar-refractivity contribution is -0.134. The number of benzene rings is 1. The Morgan fingerprint density at radius 3 is 1.95 bits per heavy atom. The third-order valence-corrected chi connectivity index (χ3v) is 3.94. The van der Waals surface area contributed by atoms with Crippen LogP contribution in [0, 0.1) is 0 Å². The van der Waals surface area contributed by atoms with E-state index in [4.69, 9.17) is 19.3 Å². The Balaban J connectivity index is 3.26. The lowest BCUT2D eigenvalue weighted by Crippen LogP contribution is -2.17. The van der Waals surface area contributed by atoms with E-state index in [0.717, 1.165) is 0 Å². The summed E-state index contributed by atoms with van der Waals surface area (Å²) in [6, 6.07) is 3.02. The highest BCUT2D eigenvalue weighted by atomic mass is 32.2. The normalized spacial score (nSPS) is 10.9. The van der Waals surface area contributed by atoms with E-state index in [-0.39, 0.29) is 17.1 Å². The van der Waals surface area contributed by atoms with Crippen molar-refractivity contribution in [1.82, 2.24) is 0 Å². The molecule has 0 bridgehead atoms. The van der Waals surface area contributed by atoms with Gasteiger partial charge in [0.2, 0.25) is 0 Å². The topological polar surface area (TPSA) is 99.1 Å². The first-order chi connectivity index (χ1) is 9.32. The predicted octanol–water partition coefficient (Wildman–Crippen LogP) is 0.712. The van der Waals surface area contributed by atoms with Crippen LogP contribution in [0.15, 0.2) is 12.1 Å². The SMILES string of the molecule is COc1cc(OC)c(CS(=O)(=O)CC(=O)O)c(OC)c1. The number of rotatable bonds is 7. The first-order valence-corrected chi connectivity index (χ1v) is 7.36. The molecule has 0 aliphatic rings. The summed E-state index contributed by atoms with van der Waals surface area (Å²) in [5.74, 6) is -1.89. The number of aliphatic carboxylic acids is 1. The third kappa shape index (κ3) is 4.02. The van der Waals surface area contributed by atoms with Crippen LogP contribution >= 0.6 is 0 Å². The Kier molecular flexibility index (Phi) is 5.20. The van der Waals surface area contributed by atoms with Crippen LogP contribution in [0.4, 0.5) is 0 Å². The Morgan fingerprint density at radius 2 is 1.60 bits per heavy atom. The number of carbonyl (C=O) groups is 1. The predicted molar refractivity (Wildman–Crippen MR) is 71.2 cm³/mol. The maximum Gasteiger partial charge on any atom is 0.318 e. The highest BCUT2D eigenvalue weighted by Gasteiger charge is 2.23. The van der Waals surface area contributed by atoms with E-state index in [1.807, 2.05) is 0 Å². The minimum Gasteiger partial charge on any atom is -0.496 e. The van der Waals surface area contributed by atoms with Crippen molar-refractivity contribution < 1.29 is 32.5 Å². The Labute approximate surface area is 117 Å². The van der Waals surface area contributed by atoms with Crippen LogP contribution in [0.3, 0.4) is 0 Å². The molecule has 0 aromatic heterocycles. The zero-order valence-electron chi connectivity index (χ0n) is 11.4. The quantitative estimate of drug-likeness (QED) is 0.792. The lowest BCUT2D eigenvalue weighted by atomic mass is 10.2. The summed E-state index contributed by atoms with van der Waals surface area (Å²) in [4.78, 5) is 10.6. The minimum absolute atomic E-state index is 0.259. The van der Waals surface area contributed by atoms with Gasteiger partial charge in [-0.2, -0.15) is 0 Å². The van der Waals surface area contributed by atoms with Crippen LogP contribution in [0.5, 0.6) is 17.2 Å². The van der Waals surface area contributed by atoms with Gasteiger partial charge in [-0.25, -0.2) is 8.42 Å². The summed E-state index contributed by atoms with van der Waals surface area (Å²) in [5, 5.41) is 8.60. The zero-order chi connectivity index (χ0) is 15.3. The minimum atomic E-state index is -3.82. The van der Waals surface area contributed by atoms with Gasteiger partial charge in [0.15, 0.2) is 9.84 Å². The van der Waals surface area contributed by atoms with Gasteiger partial charge in [-0.15, -0.1) is 0 Å². The van der Waals surface area contributed by atoms with Crippen molar-refractivity contribution in [2.24, 2.45) is 0 Å². The highest BCUT2D eigenvalue weighted by molar-refractivity contribution is 7.91. The molecular weight excluding hydrogens is 288 g/mol. The van der Waals surface area contributed by atoms with E-state index in [9.17, 15) is 13.2 Å². The van der Waals surface area contributed by atoms with Gasteiger partial charge >= 0.3 is 5.97 Å². The number of hydrogen-bond donors (Lipinski definition) is 1. The molecule has 0 aliphatic heterocycles. The van der Waals surface area contributed by atoms with Gasteiger partial charge in [0.1, 0.15) is 23.0 Å². The van der Waals surface area contributed by atoms with Crippen LogP contribution in [0.25, 0.3) is 0 Å². The number of hydrogen-bond acceptors (Lipinski definition) is 6. The molecule has 1 aromatic rings. The van der Waals surface area contributed by atoms with Gasteiger partial charge in [-0.3, -0.25) is 4.79 Å². The number of methoxy groups -OCH3 is 3. The second-order valence-corrected chi connectivity index (χ2v) is 6.00. The van der Waals surface area contributed by atoms with Gasteiger partial charge in [-0.1, -0.05) is 0 Å². The monoisotopic (exact) mass is 304 g/mol. The molecule has 0 heterocycles. The van der Waals surface area contributed by atoms with Gasteiger partial charge in [-0.05, 0) is 0 Å². The average molecular weight is 304 g/mol. The Bertz CT molecular complexity index is 567. The van der Waals surface area contributed by atoms with Crippen molar-refractivity contribution in [1.29, 1.82) is 0 Å². The zero-order valence-corrected chi connectivity index (χ0v) is 12.2. The number of sulfone groups is 1. The molecule has 0 amide bonds. The summed E-state index contributed by atoms with van der Waals surface area (Å²) < 4.78 is 38.8. The van der Waals surface area contributed by atoms with Crippen molar-refractivity contribution in [3.8, 4) is 17.2 Å². The second kappa shape index (κ2) is 6.47. The molecule has 0 saturated carbocycles. The lowest BCUT2D eigenvalue weighted by Gasteiger charge is -2.14. The molecule has 1 aromatic carbocycles. The van der Waals surface area contributed by atoms with E-state index in [1.165, 1.54) is 33.5 Å². The molecule has 0 spiro atoms. The largest absolute Gasteiger partial charge is 0.496 e. The van der Waals surface area contributed by atoms with Crippen molar-refractivity contribution in [3.05, 3.63) is 17.7 Å². The first-order valence-electron chi connectivity index (χ1n) is 5.54. The van der Waals surface area contributed by atoms with Crippen LogP contribution in [0.1, 0.15) is 5.56 Å². The Morgan fingerprint density at radius 1 is 1.10 bits per heavy atom. The molecule has 0 saturated heterocycles. The fraction of sp³-hybridized carbons (Fsp3) is 0.417. The van der Waals surface area contributed by atoms with Crippen LogP contribution in [0.2, 0.25) is 0 Å². The molecule has 0 fully saturated rings. The standard InChI is InChI=1S/C12H16O7S/c1-17-8-4-10(18-2)9(11(5-8)19-3)6-20(15,16)7-12(13)14/h4-5H,6-7H2,1-3H3,(H,13,14). The summed E-state index contributed by atoms with van der Waals surface area (Å²) in [6.45, 7) is 0. The van der Waals surface area contributed by atoms with E-state index < -0.39 is 27.3 Å². The van der Waals surface area contributed by atoms with Crippen molar-refractivity contribution in [2.75, 3.05) is 27.1 Å². The smallest absolute Gasteiger partial charge is 0.318 e. The molecule has 1 rings (SSSR count). The van der Waals surface area contributed by atoms with Crippen LogP contribution < -0.4 is 14.2 Å².